The van der Waals surface area contributed by atoms with Crippen LogP contribution in [0.2, 0.25) is 0 Å². The molecule has 0 spiro atoms. The lowest BCUT2D eigenvalue weighted by Gasteiger charge is -2.39. The Morgan fingerprint density at radius 1 is 1.29 bits per heavy atom. The zero-order valence-corrected chi connectivity index (χ0v) is 18.5. The number of hydrogen-bond donors (Lipinski definition) is 1. The monoisotopic (exact) mass is 444 g/mol. The number of ketones is 1. The summed E-state index contributed by atoms with van der Waals surface area (Å²) < 4.78 is 39.6. The Hall–Kier alpha value is -2.94. The van der Waals surface area contributed by atoms with E-state index in [4.69, 9.17) is 5.73 Å². The zero-order chi connectivity index (χ0) is 23.0. The Balaban J connectivity index is 1.99. The van der Waals surface area contributed by atoms with Gasteiger partial charge in [0.2, 0.25) is 0 Å². The van der Waals surface area contributed by atoms with Crippen LogP contribution in [-0.4, -0.2) is 40.5 Å². The van der Waals surface area contributed by atoms with E-state index in [-0.39, 0.29) is 35.7 Å². The molecule has 0 radical (unpaired) electrons. The van der Waals surface area contributed by atoms with Gasteiger partial charge in [-0.25, -0.2) is 17.8 Å². The van der Waals surface area contributed by atoms with Crippen molar-refractivity contribution < 1.29 is 17.6 Å². The maximum Gasteiger partial charge on any atom is 0.187 e. The first kappa shape index (κ1) is 22.7. The highest BCUT2D eigenvalue weighted by molar-refractivity contribution is 7.93. The molecule has 0 fully saturated rings. The summed E-state index contributed by atoms with van der Waals surface area (Å²) in [4.78, 5) is 25.1. The van der Waals surface area contributed by atoms with Gasteiger partial charge in [0.25, 0.3) is 0 Å². The Bertz CT molecular complexity index is 1180. The Morgan fingerprint density at radius 2 is 2.00 bits per heavy atom. The second-order valence-electron chi connectivity index (χ2n) is 8.21. The average molecular weight is 445 g/mol. The number of sulfone groups is 1. The molecule has 2 atom stereocenters. The van der Waals surface area contributed by atoms with Gasteiger partial charge in [0.05, 0.1) is 17.6 Å². The summed E-state index contributed by atoms with van der Waals surface area (Å²) in [5, 5.41) is 0. The Kier molecular flexibility index (Phi) is 5.84. The topological polar surface area (TPSA) is 115 Å². The van der Waals surface area contributed by atoms with Gasteiger partial charge in [-0.15, -0.1) is 6.58 Å². The number of rotatable bonds is 6. The average Bonchev–Trinajstić information content (AvgIpc) is 2.68. The molecule has 1 aliphatic heterocycles. The number of amidine groups is 1. The largest absolute Gasteiger partial charge is 0.386 e. The fraction of sp³-hybridized carbons (Fsp3) is 0.364. The minimum Gasteiger partial charge on any atom is -0.386 e. The Labute approximate surface area is 181 Å². The first-order chi connectivity index (χ1) is 14.4. The standard InChI is InChI=1S/C22H25FN4O3S/c1-5-8-22(4)20(24)27-21(3,13-31(22,29)30)16-9-15(6-7-17(16)23)10-19(28)18-12-25-14(2)11-26-18/h5-7,9,11-12H,1,8,10,13H2,2-4H3,(H2,24,27)/t21-,22-/m0/s1. The van der Waals surface area contributed by atoms with Crippen molar-refractivity contribution in [3.05, 3.63) is 71.6 Å². The van der Waals surface area contributed by atoms with Crippen molar-refractivity contribution in [2.75, 3.05) is 5.75 Å². The summed E-state index contributed by atoms with van der Waals surface area (Å²) in [5.74, 6) is -1.40. The van der Waals surface area contributed by atoms with Crippen LogP contribution in [0.4, 0.5) is 4.39 Å². The van der Waals surface area contributed by atoms with E-state index in [2.05, 4.69) is 21.5 Å². The predicted octanol–water partition coefficient (Wildman–Crippen LogP) is 2.69. The van der Waals surface area contributed by atoms with Crippen LogP contribution in [0, 0.1) is 12.7 Å². The third kappa shape index (κ3) is 4.14. The van der Waals surface area contributed by atoms with Crippen molar-refractivity contribution in [2.45, 2.75) is 43.9 Å². The highest BCUT2D eigenvalue weighted by Crippen LogP contribution is 2.39. The van der Waals surface area contributed by atoms with E-state index in [9.17, 15) is 17.6 Å². The van der Waals surface area contributed by atoms with Gasteiger partial charge in [-0.05, 0) is 44.9 Å². The van der Waals surface area contributed by atoms with Crippen LogP contribution >= 0.6 is 0 Å². The summed E-state index contributed by atoms with van der Waals surface area (Å²) in [7, 11) is -3.77. The van der Waals surface area contributed by atoms with E-state index < -0.39 is 31.7 Å². The lowest BCUT2D eigenvalue weighted by molar-refractivity contribution is 0.0987. The number of hydrogen-bond acceptors (Lipinski definition) is 7. The van der Waals surface area contributed by atoms with E-state index in [0.717, 1.165) is 0 Å². The molecule has 2 aromatic rings. The van der Waals surface area contributed by atoms with Crippen molar-refractivity contribution in [3.8, 4) is 0 Å². The Morgan fingerprint density at radius 3 is 2.58 bits per heavy atom. The number of halogens is 1. The van der Waals surface area contributed by atoms with Crippen molar-refractivity contribution in [1.82, 2.24) is 9.97 Å². The maximum atomic E-state index is 14.8. The van der Waals surface area contributed by atoms with Crippen LogP contribution in [0.5, 0.6) is 0 Å². The molecular weight excluding hydrogens is 419 g/mol. The van der Waals surface area contributed by atoms with E-state index in [1.165, 1.54) is 50.5 Å². The predicted molar refractivity (Wildman–Crippen MR) is 117 cm³/mol. The van der Waals surface area contributed by atoms with E-state index in [1.54, 1.807) is 6.92 Å². The number of nitrogens with two attached hydrogens (primary N) is 1. The molecule has 1 aromatic heterocycles. The van der Waals surface area contributed by atoms with E-state index in [0.29, 0.717) is 11.3 Å². The molecule has 0 saturated carbocycles. The number of benzene rings is 1. The fourth-order valence-electron chi connectivity index (χ4n) is 3.66. The molecular formula is C22H25FN4O3S. The number of allylic oxidation sites excluding steroid dienone is 1. The molecule has 0 aliphatic carbocycles. The number of aryl methyl sites for hydroxylation is 1. The molecule has 7 nitrogen and oxygen atoms in total. The summed E-state index contributed by atoms with van der Waals surface area (Å²) in [6.45, 7) is 8.39. The van der Waals surface area contributed by atoms with Gasteiger partial charge in [0.15, 0.2) is 15.6 Å². The van der Waals surface area contributed by atoms with Crippen LogP contribution in [0.1, 0.15) is 47.6 Å². The van der Waals surface area contributed by atoms with Gasteiger partial charge in [-0.3, -0.25) is 14.8 Å². The van der Waals surface area contributed by atoms with E-state index in [1.807, 2.05) is 0 Å². The lowest BCUT2D eigenvalue weighted by atomic mass is 9.90. The quantitative estimate of drug-likeness (QED) is 0.541. The SMILES string of the molecule is C=CC[C@@]1(C)C(N)=N[C@](C)(c2cc(CC(=O)c3cnc(C)cn3)ccc2F)CS1(=O)=O. The molecule has 0 unspecified atom stereocenters. The zero-order valence-electron chi connectivity index (χ0n) is 17.7. The second-order valence-corrected chi connectivity index (χ2v) is 10.6. The van der Waals surface area contributed by atoms with Gasteiger partial charge < -0.3 is 5.73 Å². The first-order valence-electron chi connectivity index (χ1n) is 9.71. The molecule has 0 bridgehead atoms. The number of nitrogens with zero attached hydrogens (tertiary/aromatic N) is 3. The van der Waals surface area contributed by atoms with Crippen LogP contribution in [0.15, 0.2) is 48.2 Å². The molecule has 0 amide bonds. The van der Waals surface area contributed by atoms with Crippen LogP contribution in [0.3, 0.4) is 0 Å². The highest BCUT2D eigenvalue weighted by Gasteiger charge is 2.51. The number of aromatic nitrogens is 2. The van der Waals surface area contributed by atoms with Crippen molar-refractivity contribution in [1.29, 1.82) is 0 Å². The number of carbonyl (C=O) groups excluding carboxylic acids is 1. The lowest BCUT2D eigenvalue weighted by Crippen LogP contribution is -2.56. The molecule has 31 heavy (non-hydrogen) atoms. The van der Waals surface area contributed by atoms with Crippen molar-refractivity contribution in [2.24, 2.45) is 10.7 Å². The molecule has 1 aromatic carbocycles. The van der Waals surface area contributed by atoms with Gasteiger partial charge >= 0.3 is 0 Å². The summed E-state index contributed by atoms with van der Waals surface area (Å²) in [6.07, 6.45) is 4.43. The molecule has 9 heteroatoms. The maximum absolute atomic E-state index is 14.8. The third-order valence-electron chi connectivity index (χ3n) is 5.64. The molecule has 2 heterocycles. The van der Waals surface area contributed by atoms with Crippen LogP contribution < -0.4 is 5.73 Å². The van der Waals surface area contributed by atoms with Gasteiger partial charge in [0, 0.05) is 18.2 Å². The van der Waals surface area contributed by atoms with Crippen molar-refractivity contribution >= 4 is 21.5 Å². The molecule has 2 N–H and O–H groups in total. The van der Waals surface area contributed by atoms with Gasteiger partial charge in [0.1, 0.15) is 27.6 Å². The summed E-state index contributed by atoms with van der Waals surface area (Å²) in [6, 6.07) is 4.16. The number of carbonyl (C=O) groups is 1. The minimum absolute atomic E-state index is 0.0404. The minimum atomic E-state index is -3.77. The van der Waals surface area contributed by atoms with Crippen LogP contribution in [-0.2, 0) is 21.8 Å². The molecule has 3 rings (SSSR count). The second kappa shape index (κ2) is 7.96. The molecule has 164 valence electrons. The van der Waals surface area contributed by atoms with Crippen LogP contribution in [0.25, 0.3) is 0 Å². The number of Topliss-reactive ketones (excluding diaryl/α,β-unsaturated/α-hetero) is 1. The third-order valence-corrected chi connectivity index (χ3v) is 8.33. The first-order valence-corrected chi connectivity index (χ1v) is 11.4. The van der Waals surface area contributed by atoms with Crippen molar-refractivity contribution in [3.63, 3.8) is 0 Å². The molecule has 1 aliphatic rings. The highest BCUT2D eigenvalue weighted by atomic mass is 32.2. The molecule has 0 saturated heterocycles. The smallest absolute Gasteiger partial charge is 0.187 e. The van der Waals surface area contributed by atoms with E-state index >= 15 is 0 Å². The summed E-state index contributed by atoms with van der Waals surface area (Å²) >= 11 is 0. The normalized spacial score (nSPS) is 25.0. The number of aliphatic imine (C=N–C) groups is 1. The van der Waals surface area contributed by atoms with Gasteiger partial charge in [-0.2, -0.15) is 0 Å². The van der Waals surface area contributed by atoms with Gasteiger partial charge in [-0.1, -0.05) is 12.1 Å². The summed E-state index contributed by atoms with van der Waals surface area (Å²) in [5.41, 5.74) is 6.12. The fourth-order valence-corrected chi connectivity index (χ4v) is 5.67.